The van der Waals surface area contributed by atoms with Crippen LogP contribution in [0.5, 0.6) is 11.5 Å². The van der Waals surface area contributed by atoms with Gasteiger partial charge in [0, 0.05) is 5.56 Å². The zero-order valence-corrected chi connectivity index (χ0v) is 13.4. The number of carbonyl (C=O) groups is 1. The maximum atomic E-state index is 12.3. The van der Waals surface area contributed by atoms with E-state index in [0.717, 1.165) is 0 Å². The van der Waals surface area contributed by atoms with E-state index in [1.807, 2.05) is 6.07 Å². The SMILES string of the molecule is COc1ccccc1NCC(=O)N/N=C/c1ccccc1OC(F)F. The molecular formula is C17H17F2N3O3. The number of amides is 1. The van der Waals surface area contributed by atoms with Crippen molar-refractivity contribution in [2.24, 2.45) is 5.10 Å². The van der Waals surface area contributed by atoms with Crippen LogP contribution in [0.15, 0.2) is 53.6 Å². The predicted octanol–water partition coefficient (Wildman–Crippen LogP) is 2.86. The minimum absolute atomic E-state index is 0.0253. The van der Waals surface area contributed by atoms with E-state index < -0.39 is 12.5 Å². The summed E-state index contributed by atoms with van der Waals surface area (Å²) < 4.78 is 34.2. The van der Waals surface area contributed by atoms with Gasteiger partial charge in [0.25, 0.3) is 5.91 Å². The first-order chi connectivity index (χ1) is 12.1. The Morgan fingerprint density at radius 2 is 1.84 bits per heavy atom. The zero-order valence-electron chi connectivity index (χ0n) is 13.4. The Kier molecular flexibility index (Phi) is 6.70. The van der Waals surface area contributed by atoms with Crippen LogP contribution in [-0.4, -0.2) is 32.4 Å². The summed E-state index contributed by atoms with van der Waals surface area (Å²) in [4.78, 5) is 11.8. The van der Waals surface area contributed by atoms with Crippen LogP contribution >= 0.6 is 0 Å². The Morgan fingerprint density at radius 3 is 2.56 bits per heavy atom. The van der Waals surface area contributed by atoms with E-state index in [-0.39, 0.29) is 12.3 Å². The topological polar surface area (TPSA) is 72.0 Å². The first-order valence-electron chi connectivity index (χ1n) is 7.33. The van der Waals surface area contributed by atoms with Gasteiger partial charge >= 0.3 is 6.61 Å². The van der Waals surface area contributed by atoms with Gasteiger partial charge in [0.05, 0.1) is 25.6 Å². The van der Waals surface area contributed by atoms with Crippen molar-refractivity contribution in [2.45, 2.75) is 6.61 Å². The lowest BCUT2D eigenvalue weighted by Crippen LogP contribution is -2.26. The third-order valence-corrected chi connectivity index (χ3v) is 3.07. The smallest absolute Gasteiger partial charge is 0.387 e. The van der Waals surface area contributed by atoms with Gasteiger partial charge in [0.1, 0.15) is 11.5 Å². The van der Waals surface area contributed by atoms with Crippen molar-refractivity contribution in [1.82, 2.24) is 5.43 Å². The molecule has 2 aromatic rings. The molecule has 8 heteroatoms. The molecule has 0 heterocycles. The number of nitrogens with one attached hydrogen (secondary N) is 2. The molecule has 0 aliphatic heterocycles. The standard InChI is InChI=1S/C17H17F2N3O3/c1-24-15-9-5-3-7-13(15)20-11-16(23)22-21-10-12-6-2-4-8-14(12)25-17(18)19/h2-10,17,20H,11H2,1H3,(H,22,23)/b21-10+. The Hall–Kier alpha value is -3.16. The van der Waals surface area contributed by atoms with Crippen molar-refractivity contribution in [1.29, 1.82) is 0 Å². The van der Waals surface area contributed by atoms with Crippen molar-refractivity contribution in [3.05, 3.63) is 54.1 Å². The number of halogens is 2. The van der Waals surface area contributed by atoms with Gasteiger partial charge in [0.15, 0.2) is 0 Å². The number of rotatable bonds is 8. The van der Waals surface area contributed by atoms with E-state index >= 15 is 0 Å². The number of anilines is 1. The van der Waals surface area contributed by atoms with Gasteiger partial charge in [-0.15, -0.1) is 0 Å². The highest BCUT2D eigenvalue weighted by atomic mass is 19.3. The van der Waals surface area contributed by atoms with Crippen molar-refractivity contribution in [3.8, 4) is 11.5 Å². The van der Waals surface area contributed by atoms with E-state index in [1.165, 1.54) is 19.4 Å². The van der Waals surface area contributed by atoms with Gasteiger partial charge in [0.2, 0.25) is 0 Å². The molecule has 2 rings (SSSR count). The van der Waals surface area contributed by atoms with Crippen molar-refractivity contribution < 1.29 is 23.0 Å². The van der Waals surface area contributed by atoms with Crippen LogP contribution in [0.1, 0.15) is 5.56 Å². The van der Waals surface area contributed by atoms with Crippen molar-refractivity contribution in [2.75, 3.05) is 19.0 Å². The van der Waals surface area contributed by atoms with Crippen LogP contribution in [0.3, 0.4) is 0 Å². The fourth-order valence-corrected chi connectivity index (χ4v) is 1.97. The summed E-state index contributed by atoms with van der Waals surface area (Å²) in [7, 11) is 1.53. The number of hydrogen-bond donors (Lipinski definition) is 2. The lowest BCUT2D eigenvalue weighted by atomic mass is 10.2. The first kappa shape index (κ1) is 18.2. The van der Waals surface area contributed by atoms with E-state index in [0.29, 0.717) is 17.0 Å². The van der Waals surface area contributed by atoms with Gasteiger partial charge in [-0.2, -0.15) is 13.9 Å². The normalized spacial score (nSPS) is 10.7. The maximum absolute atomic E-state index is 12.3. The highest BCUT2D eigenvalue weighted by Gasteiger charge is 2.08. The third-order valence-electron chi connectivity index (χ3n) is 3.07. The molecule has 6 nitrogen and oxygen atoms in total. The zero-order chi connectivity index (χ0) is 18.1. The number of alkyl halides is 2. The van der Waals surface area contributed by atoms with E-state index in [2.05, 4.69) is 20.6 Å². The number of methoxy groups -OCH3 is 1. The molecule has 0 unspecified atom stereocenters. The summed E-state index contributed by atoms with van der Waals surface area (Å²) in [6, 6.07) is 13.3. The molecule has 2 aromatic carbocycles. The Bertz CT molecular complexity index is 739. The number of hydrogen-bond acceptors (Lipinski definition) is 5. The third kappa shape index (κ3) is 5.76. The lowest BCUT2D eigenvalue weighted by Gasteiger charge is -2.10. The highest BCUT2D eigenvalue weighted by molar-refractivity contribution is 5.86. The highest BCUT2D eigenvalue weighted by Crippen LogP contribution is 2.22. The maximum Gasteiger partial charge on any atom is 0.387 e. The molecule has 0 atom stereocenters. The van der Waals surface area contributed by atoms with Gasteiger partial charge in [-0.25, -0.2) is 5.43 Å². The number of nitrogens with zero attached hydrogens (tertiary/aromatic N) is 1. The fourth-order valence-electron chi connectivity index (χ4n) is 1.97. The van der Waals surface area contributed by atoms with Crippen LogP contribution in [-0.2, 0) is 4.79 Å². The Morgan fingerprint density at radius 1 is 1.16 bits per heavy atom. The van der Waals surface area contributed by atoms with Crippen LogP contribution < -0.4 is 20.2 Å². The molecule has 2 N–H and O–H groups in total. The van der Waals surface area contributed by atoms with E-state index in [9.17, 15) is 13.6 Å². The summed E-state index contributed by atoms with van der Waals surface area (Å²) in [6.45, 7) is -2.97. The van der Waals surface area contributed by atoms with Crippen LogP contribution in [0.4, 0.5) is 14.5 Å². The van der Waals surface area contributed by atoms with Crippen LogP contribution in [0.25, 0.3) is 0 Å². The molecule has 25 heavy (non-hydrogen) atoms. The average molecular weight is 349 g/mol. The van der Waals surface area contributed by atoms with E-state index in [4.69, 9.17) is 4.74 Å². The van der Waals surface area contributed by atoms with Gasteiger partial charge in [-0.1, -0.05) is 24.3 Å². The summed E-state index contributed by atoms with van der Waals surface area (Å²) in [5.74, 6) is 0.175. The quantitative estimate of drug-likeness (QED) is 0.568. The largest absolute Gasteiger partial charge is 0.495 e. The van der Waals surface area contributed by atoms with Gasteiger partial charge in [-0.05, 0) is 24.3 Å². The van der Waals surface area contributed by atoms with Crippen LogP contribution in [0.2, 0.25) is 0 Å². The Balaban J connectivity index is 1.89. The molecule has 0 aromatic heterocycles. The van der Waals surface area contributed by atoms with Gasteiger partial charge < -0.3 is 14.8 Å². The molecule has 132 valence electrons. The summed E-state index contributed by atoms with van der Waals surface area (Å²) in [5, 5.41) is 6.66. The van der Waals surface area contributed by atoms with E-state index in [1.54, 1.807) is 36.4 Å². The minimum Gasteiger partial charge on any atom is -0.495 e. The summed E-state index contributed by atoms with van der Waals surface area (Å²) in [6.07, 6.45) is 1.23. The fraction of sp³-hybridized carbons (Fsp3) is 0.176. The predicted molar refractivity (Wildman–Crippen MR) is 90.3 cm³/mol. The number of benzene rings is 2. The molecule has 1 amide bonds. The molecule has 0 aliphatic rings. The number of ether oxygens (including phenoxy) is 2. The molecular weight excluding hydrogens is 332 g/mol. The molecule has 0 saturated carbocycles. The number of hydrazone groups is 1. The molecule has 0 saturated heterocycles. The Labute approximate surface area is 143 Å². The van der Waals surface area contributed by atoms with Crippen molar-refractivity contribution in [3.63, 3.8) is 0 Å². The molecule has 0 spiro atoms. The summed E-state index contributed by atoms with van der Waals surface area (Å²) >= 11 is 0. The molecule has 0 bridgehead atoms. The van der Waals surface area contributed by atoms with Crippen molar-refractivity contribution >= 4 is 17.8 Å². The average Bonchev–Trinajstić information content (AvgIpc) is 2.61. The molecule has 0 aliphatic carbocycles. The van der Waals surface area contributed by atoms with Crippen LogP contribution in [0, 0.1) is 0 Å². The monoisotopic (exact) mass is 349 g/mol. The molecule has 0 fully saturated rings. The molecule has 0 radical (unpaired) electrons. The number of carbonyl (C=O) groups excluding carboxylic acids is 1. The lowest BCUT2D eigenvalue weighted by molar-refractivity contribution is -0.119. The number of para-hydroxylation sites is 3. The second-order valence-corrected chi connectivity index (χ2v) is 4.76. The summed E-state index contributed by atoms with van der Waals surface area (Å²) in [5.41, 5.74) is 3.29. The minimum atomic E-state index is -2.94. The van der Waals surface area contributed by atoms with Gasteiger partial charge in [-0.3, -0.25) is 4.79 Å². The second kappa shape index (κ2) is 9.21. The first-order valence-corrected chi connectivity index (χ1v) is 7.33. The second-order valence-electron chi connectivity index (χ2n) is 4.76.